The van der Waals surface area contributed by atoms with Crippen LogP contribution in [0.2, 0.25) is 10.0 Å². The number of hydrogen-bond acceptors (Lipinski definition) is 3. The van der Waals surface area contributed by atoms with E-state index >= 15 is 0 Å². The van der Waals surface area contributed by atoms with Crippen LogP contribution in [0.5, 0.6) is 0 Å². The minimum atomic E-state index is -2.63. The van der Waals surface area contributed by atoms with E-state index in [2.05, 4.69) is 10.3 Å². The summed E-state index contributed by atoms with van der Waals surface area (Å²) in [6.07, 6.45) is 0. The average molecular weight is 402 g/mol. The Bertz CT molecular complexity index is 933. The lowest BCUT2D eigenvalue weighted by atomic mass is 10.3. The molecule has 0 unspecified atom stereocenters. The maximum atomic E-state index is 12.8. The number of nitrogens with zero attached hydrogens (tertiary/aromatic N) is 2. The van der Waals surface area contributed by atoms with Crippen molar-refractivity contribution in [2.45, 2.75) is 17.5 Å². The number of nitrogens with one attached hydrogen (secondary N) is 1. The Kier molecular flexibility index (Phi) is 5.46. The molecule has 3 aromatic rings. The second kappa shape index (κ2) is 7.59. The van der Waals surface area contributed by atoms with Gasteiger partial charge >= 0.3 is 0 Å². The Hall–Kier alpha value is -1.83. The topological polar surface area (TPSA) is 46.9 Å². The maximum absolute atomic E-state index is 12.8. The van der Waals surface area contributed by atoms with Crippen LogP contribution >= 0.6 is 35.0 Å². The Morgan fingerprint density at radius 1 is 1.24 bits per heavy atom. The van der Waals surface area contributed by atoms with Crippen molar-refractivity contribution in [3.05, 3.63) is 52.5 Å². The molecule has 9 heteroatoms. The first-order valence-electron chi connectivity index (χ1n) is 7.09. The van der Waals surface area contributed by atoms with E-state index in [1.807, 2.05) is 0 Å². The van der Waals surface area contributed by atoms with Gasteiger partial charge in [-0.15, -0.1) is 0 Å². The van der Waals surface area contributed by atoms with Gasteiger partial charge in [0.2, 0.25) is 5.91 Å². The number of rotatable bonds is 5. The molecule has 130 valence electrons. The van der Waals surface area contributed by atoms with Crippen molar-refractivity contribution in [2.75, 3.05) is 5.32 Å². The molecule has 0 atom stereocenters. The number of hydrogen-bond donors (Lipinski definition) is 1. The highest BCUT2D eigenvalue weighted by Crippen LogP contribution is 2.29. The van der Waals surface area contributed by atoms with Crippen molar-refractivity contribution in [3.8, 4) is 0 Å². The third kappa shape index (κ3) is 4.23. The first kappa shape index (κ1) is 18.0. The summed E-state index contributed by atoms with van der Waals surface area (Å²) < 4.78 is 27.0. The highest BCUT2D eigenvalue weighted by Gasteiger charge is 2.18. The molecule has 0 radical (unpaired) electrons. The number of anilines is 1. The second-order valence-corrected chi connectivity index (χ2v) is 6.82. The van der Waals surface area contributed by atoms with Gasteiger partial charge in [-0.2, -0.15) is 8.78 Å². The Labute approximate surface area is 156 Å². The lowest BCUT2D eigenvalue weighted by Gasteiger charge is -2.10. The Balaban J connectivity index is 1.87. The van der Waals surface area contributed by atoms with Crippen LogP contribution in [-0.4, -0.2) is 21.2 Å². The molecule has 1 aromatic heterocycles. The standard InChI is InChI=1S/C16H11Cl2F2N3OS/c17-9-5-6-11(10(18)7-9)21-14(24)8-23-13-4-2-1-3-12(13)22-16(23)25-15(19)20/h1-7,15H,8H2,(H,21,24). The van der Waals surface area contributed by atoms with E-state index in [4.69, 9.17) is 23.2 Å². The number of aromatic nitrogens is 2. The van der Waals surface area contributed by atoms with Crippen LogP contribution in [0.15, 0.2) is 47.6 Å². The summed E-state index contributed by atoms with van der Waals surface area (Å²) in [5, 5.41) is 3.46. The lowest BCUT2D eigenvalue weighted by molar-refractivity contribution is -0.116. The zero-order chi connectivity index (χ0) is 18.0. The molecule has 0 bridgehead atoms. The molecule has 0 spiro atoms. The molecule has 0 fully saturated rings. The molecular formula is C16H11Cl2F2N3OS. The monoisotopic (exact) mass is 401 g/mol. The van der Waals surface area contributed by atoms with Crippen LogP contribution in [0, 0.1) is 0 Å². The van der Waals surface area contributed by atoms with Crippen LogP contribution in [0.3, 0.4) is 0 Å². The number of para-hydroxylation sites is 2. The van der Waals surface area contributed by atoms with Crippen molar-refractivity contribution >= 4 is 57.6 Å². The maximum Gasteiger partial charge on any atom is 0.291 e. The molecule has 1 N–H and O–H groups in total. The van der Waals surface area contributed by atoms with Gasteiger partial charge in [0.1, 0.15) is 6.54 Å². The highest BCUT2D eigenvalue weighted by atomic mass is 35.5. The average Bonchev–Trinajstić information content (AvgIpc) is 2.87. The summed E-state index contributed by atoms with van der Waals surface area (Å²) in [4.78, 5) is 16.5. The molecule has 1 amide bonds. The van der Waals surface area contributed by atoms with Crippen LogP contribution in [-0.2, 0) is 11.3 Å². The number of benzene rings is 2. The fourth-order valence-corrected chi connectivity index (χ4v) is 3.36. The summed E-state index contributed by atoms with van der Waals surface area (Å²) >= 11 is 12.1. The van der Waals surface area contributed by atoms with Gasteiger partial charge in [0, 0.05) is 5.02 Å². The molecule has 0 saturated carbocycles. The van der Waals surface area contributed by atoms with E-state index in [0.717, 1.165) is 0 Å². The number of fused-ring (bicyclic) bond motifs is 1. The van der Waals surface area contributed by atoms with E-state index in [9.17, 15) is 13.6 Å². The van der Waals surface area contributed by atoms with E-state index in [0.29, 0.717) is 38.5 Å². The minimum Gasteiger partial charge on any atom is -0.323 e. The molecule has 0 aliphatic carbocycles. The third-order valence-corrected chi connectivity index (χ3v) is 4.57. The van der Waals surface area contributed by atoms with Crippen LogP contribution in [0.4, 0.5) is 14.5 Å². The molecule has 3 rings (SSSR count). The fraction of sp³-hybridized carbons (Fsp3) is 0.125. The summed E-state index contributed by atoms with van der Waals surface area (Å²) in [5.41, 5.74) is 1.54. The SMILES string of the molecule is O=C(Cn1c(SC(F)F)nc2ccccc21)Nc1ccc(Cl)cc1Cl. The van der Waals surface area contributed by atoms with Gasteiger partial charge in [0.05, 0.1) is 21.7 Å². The summed E-state index contributed by atoms with van der Waals surface area (Å²) in [5.74, 6) is -3.05. The first-order valence-corrected chi connectivity index (χ1v) is 8.72. The zero-order valence-electron chi connectivity index (χ0n) is 12.5. The lowest BCUT2D eigenvalue weighted by Crippen LogP contribution is -2.19. The van der Waals surface area contributed by atoms with Crippen LogP contribution < -0.4 is 5.32 Å². The van der Waals surface area contributed by atoms with Crippen molar-refractivity contribution in [2.24, 2.45) is 0 Å². The van der Waals surface area contributed by atoms with Crippen molar-refractivity contribution in [1.82, 2.24) is 9.55 Å². The van der Waals surface area contributed by atoms with Gasteiger partial charge in [0.15, 0.2) is 5.16 Å². The Morgan fingerprint density at radius 3 is 2.72 bits per heavy atom. The smallest absolute Gasteiger partial charge is 0.291 e. The summed E-state index contributed by atoms with van der Waals surface area (Å²) in [6.45, 7) is -0.172. The number of thioether (sulfide) groups is 1. The normalized spacial score (nSPS) is 11.2. The largest absolute Gasteiger partial charge is 0.323 e. The molecule has 2 aromatic carbocycles. The van der Waals surface area contributed by atoms with Gasteiger partial charge in [0.25, 0.3) is 5.76 Å². The number of halogens is 4. The molecule has 0 aliphatic rings. The number of amides is 1. The summed E-state index contributed by atoms with van der Waals surface area (Å²) in [6, 6.07) is 11.6. The van der Waals surface area contributed by atoms with E-state index in [1.54, 1.807) is 36.4 Å². The molecule has 0 saturated heterocycles. The van der Waals surface area contributed by atoms with Crippen molar-refractivity contribution in [3.63, 3.8) is 0 Å². The number of carbonyl (C=O) groups excluding carboxylic acids is 1. The molecular weight excluding hydrogens is 391 g/mol. The predicted octanol–water partition coefficient (Wildman–Crippen LogP) is 5.30. The number of imidazole rings is 1. The molecule has 0 aliphatic heterocycles. The van der Waals surface area contributed by atoms with Crippen LogP contribution in [0.1, 0.15) is 0 Å². The number of carbonyl (C=O) groups is 1. The van der Waals surface area contributed by atoms with Gasteiger partial charge in [-0.25, -0.2) is 4.98 Å². The van der Waals surface area contributed by atoms with E-state index < -0.39 is 11.7 Å². The molecule has 25 heavy (non-hydrogen) atoms. The molecule has 4 nitrogen and oxygen atoms in total. The van der Waals surface area contributed by atoms with Gasteiger partial charge in [-0.1, -0.05) is 35.3 Å². The van der Waals surface area contributed by atoms with Crippen LogP contribution in [0.25, 0.3) is 11.0 Å². The predicted molar refractivity (Wildman–Crippen MR) is 96.7 cm³/mol. The second-order valence-electron chi connectivity index (χ2n) is 5.02. The molecule has 1 heterocycles. The fourth-order valence-electron chi connectivity index (χ4n) is 2.30. The highest BCUT2D eigenvalue weighted by molar-refractivity contribution is 7.99. The van der Waals surface area contributed by atoms with Crippen molar-refractivity contribution in [1.29, 1.82) is 0 Å². The van der Waals surface area contributed by atoms with E-state index in [1.165, 1.54) is 10.6 Å². The van der Waals surface area contributed by atoms with E-state index in [-0.39, 0.29) is 11.7 Å². The third-order valence-electron chi connectivity index (χ3n) is 3.32. The Morgan fingerprint density at radius 2 is 2.00 bits per heavy atom. The summed E-state index contributed by atoms with van der Waals surface area (Å²) in [7, 11) is 0. The van der Waals surface area contributed by atoms with Gasteiger partial charge in [-0.3, -0.25) is 4.79 Å². The number of alkyl halides is 2. The van der Waals surface area contributed by atoms with Crippen molar-refractivity contribution < 1.29 is 13.6 Å². The zero-order valence-corrected chi connectivity index (χ0v) is 14.9. The first-order chi connectivity index (χ1) is 11.9. The quantitative estimate of drug-likeness (QED) is 0.590. The minimum absolute atomic E-state index is 0.0774. The van der Waals surface area contributed by atoms with Gasteiger partial charge in [-0.05, 0) is 42.1 Å². The van der Waals surface area contributed by atoms with Gasteiger partial charge < -0.3 is 9.88 Å².